The van der Waals surface area contributed by atoms with E-state index < -0.39 is 0 Å². The summed E-state index contributed by atoms with van der Waals surface area (Å²) in [4.78, 5) is 0. The number of hydrogen-bond donors (Lipinski definition) is 0. The molecule has 1 nitrogen and oxygen atoms in total. The Kier molecular flexibility index (Phi) is 1.33. The quantitative estimate of drug-likeness (QED) is 0.495. The van der Waals surface area contributed by atoms with E-state index in [0.29, 0.717) is 6.10 Å². The van der Waals surface area contributed by atoms with Crippen LogP contribution in [0, 0.1) is 0 Å². The van der Waals surface area contributed by atoms with Gasteiger partial charge < -0.3 is 0 Å². The van der Waals surface area contributed by atoms with Crippen LogP contribution in [0.3, 0.4) is 0 Å². The van der Waals surface area contributed by atoms with E-state index >= 15 is 0 Å². The first-order chi connectivity index (χ1) is 2.93. The van der Waals surface area contributed by atoms with Crippen molar-refractivity contribution < 1.29 is 4.29 Å². The summed E-state index contributed by atoms with van der Waals surface area (Å²) in [6.07, 6.45) is 3.98. The van der Waals surface area contributed by atoms with E-state index in [9.17, 15) is 0 Å². The van der Waals surface area contributed by atoms with Crippen molar-refractivity contribution in [2.75, 3.05) is 0 Å². The normalized spacial score (nSPS) is 23.5. The van der Waals surface area contributed by atoms with E-state index in [2.05, 4.69) is 4.29 Å². The average molecular weight is 107 g/mol. The minimum absolute atomic E-state index is 0.381. The van der Waals surface area contributed by atoms with Gasteiger partial charge in [0, 0.05) is 0 Å². The molecule has 0 atom stereocenters. The first kappa shape index (κ1) is 4.41. The molecule has 0 spiro atoms. The summed E-state index contributed by atoms with van der Waals surface area (Å²) in [6, 6.07) is 0. The molecule has 0 radical (unpaired) electrons. The molecule has 1 saturated carbocycles. The zero-order valence-corrected chi connectivity index (χ0v) is 4.24. The van der Waals surface area contributed by atoms with Crippen LogP contribution < -0.4 is 0 Å². The Balaban J connectivity index is 2.01. The maximum atomic E-state index is 5.00. The lowest BCUT2D eigenvalue weighted by atomic mass is 9.97. The maximum Gasteiger partial charge on any atom is 0.0790 e. The predicted octanol–water partition coefficient (Wildman–Crippen LogP) is 1.71. The second kappa shape index (κ2) is 1.80. The van der Waals surface area contributed by atoms with Gasteiger partial charge in [-0.25, -0.2) is 0 Å². The molecule has 1 aliphatic rings. The highest BCUT2D eigenvalue weighted by atomic mass is 35.5. The molecule has 1 fully saturated rings. The molecular weight excluding hydrogens is 99.5 g/mol. The van der Waals surface area contributed by atoms with Gasteiger partial charge in [0.05, 0.1) is 18.0 Å². The molecular formula is C4H7ClO. The fourth-order valence-electron chi connectivity index (χ4n) is 0.460. The molecule has 0 unspecified atom stereocenters. The lowest BCUT2D eigenvalue weighted by Gasteiger charge is -2.20. The van der Waals surface area contributed by atoms with Crippen molar-refractivity contribution in [3.05, 3.63) is 0 Å². The molecule has 1 rings (SSSR count). The topological polar surface area (TPSA) is 9.23 Å². The van der Waals surface area contributed by atoms with Gasteiger partial charge in [0.15, 0.2) is 0 Å². The summed E-state index contributed by atoms with van der Waals surface area (Å²) in [5.74, 6) is 0. The predicted molar refractivity (Wildman–Crippen MR) is 24.6 cm³/mol. The van der Waals surface area contributed by atoms with Crippen LogP contribution in [0.15, 0.2) is 0 Å². The lowest BCUT2D eigenvalue weighted by Crippen LogP contribution is -2.16. The largest absolute Gasteiger partial charge is 0.276 e. The summed E-state index contributed by atoms with van der Waals surface area (Å²) in [6.45, 7) is 0. The highest BCUT2D eigenvalue weighted by molar-refractivity contribution is 6.07. The van der Waals surface area contributed by atoms with E-state index in [1.165, 1.54) is 6.42 Å². The number of rotatable bonds is 1. The Labute approximate surface area is 42.4 Å². The van der Waals surface area contributed by atoms with Crippen molar-refractivity contribution in [1.29, 1.82) is 0 Å². The van der Waals surface area contributed by atoms with Gasteiger partial charge in [-0.2, -0.15) is 0 Å². The van der Waals surface area contributed by atoms with E-state index in [4.69, 9.17) is 11.9 Å². The van der Waals surface area contributed by atoms with Gasteiger partial charge in [-0.3, -0.25) is 4.29 Å². The van der Waals surface area contributed by atoms with Gasteiger partial charge in [-0.1, -0.05) is 0 Å². The third kappa shape index (κ3) is 0.660. The monoisotopic (exact) mass is 106 g/mol. The SMILES string of the molecule is ClOC1CCC1. The molecule has 2 heteroatoms. The van der Waals surface area contributed by atoms with Gasteiger partial charge in [0.2, 0.25) is 0 Å². The standard InChI is InChI=1S/C4H7ClO/c5-6-4-2-1-3-4/h4H,1-3H2. The summed E-state index contributed by atoms with van der Waals surface area (Å²) >= 11 is 5.00. The first-order valence-corrected chi connectivity index (χ1v) is 2.52. The van der Waals surface area contributed by atoms with Gasteiger partial charge in [0.25, 0.3) is 0 Å². The molecule has 0 heterocycles. The van der Waals surface area contributed by atoms with Crippen molar-refractivity contribution in [2.24, 2.45) is 0 Å². The van der Waals surface area contributed by atoms with Crippen LogP contribution in [0.25, 0.3) is 0 Å². The molecule has 0 N–H and O–H groups in total. The third-order valence-corrected chi connectivity index (χ3v) is 1.43. The number of hydrogen-bond acceptors (Lipinski definition) is 1. The molecule has 0 aromatic heterocycles. The average Bonchev–Trinajstić information content (AvgIpc) is 1.31. The molecule has 6 heavy (non-hydrogen) atoms. The van der Waals surface area contributed by atoms with Crippen molar-refractivity contribution in [1.82, 2.24) is 0 Å². The maximum absolute atomic E-state index is 5.00. The molecule has 0 saturated heterocycles. The van der Waals surface area contributed by atoms with E-state index in [1.807, 2.05) is 0 Å². The summed E-state index contributed by atoms with van der Waals surface area (Å²) in [7, 11) is 0. The Morgan fingerprint density at radius 3 is 2.17 bits per heavy atom. The minimum Gasteiger partial charge on any atom is -0.276 e. The van der Waals surface area contributed by atoms with Crippen LogP contribution in [0.2, 0.25) is 0 Å². The molecule has 0 aliphatic heterocycles. The van der Waals surface area contributed by atoms with Crippen LogP contribution in [0.1, 0.15) is 19.3 Å². The second-order valence-electron chi connectivity index (χ2n) is 1.64. The first-order valence-electron chi connectivity index (χ1n) is 2.21. The van der Waals surface area contributed by atoms with Crippen LogP contribution in [-0.2, 0) is 4.29 Å². The van der Waals surface area contributed by atoms with Crippen molar-refractivity contribution in [3.8, 4) is 0 Å². The molecule has 0 bridgehead atoms. The highest BCUT2D eigenvalue weighted by Gasteiger charge is 2.16. The van der Waals surface area contributed by atoms with Crippen LogP contribution in [-0.4, -0.2) is 6.10 Å². The fourth-order valence-corrected chi connectivity index (χ4v) is 0.638. The van der Waals surface area contributed by atoms with Crippen molar-refractivity contribution >= 4 is 11.9 Å². The van der Waals surface area contributed by atoms with Crippen molar-refractivity contribution in [2.45, 2.75) is 25.4 Å². The smallest absolute Gasteiger partial charge is 0.0790 e. The Bertz CT molecular complexity index is 40.1. The molecule has 1 aliphatic carbocycles. The zero-order chi connectivity index (χ0) is 4.41. The molecule has 0 aromatic carbocycles. The van der Waals surface area contributed by atoms with Crippen LogP contribution in [0.5, 0.6) is 0 Å². The lowest BCUT2D eigenvalue weighted by molar-refractivity contribution is 0.134. The second-order valence-corrected chi connectivity index (χ2v) is 1.82. The van der Waals surface area contributed by atoms with Gasteiger partial charge in [0.1, 0.15) is 0 Å². The Morgan fingerprint density at radius 1 is 1.50 bits per heavy atom. The molecule has 0 aromatic rings. The zero-order valence-electron chi connectivity index (χ0n) is 3.48. The summed E-state index contributed by atoms with van der Waals surface area (Å²) in [5, 5.41) is 0. The van der Waals surface area contributed by atoms with Crippen LogP contribution >= 0.6 is 11.9 Å². The highest BCUT2D eigenvalue weighted by Crippen LogP contribution is 2.22. The van der Waals surface area contributed by atoms with E-state index in [0.717, 1.165) is 12.8 Å². The summed E-state index contributed by atoms with van der Waals surface area (Å²) < 4.78 is 4.46. The fraction of sp³-hybridized carbons (Fsp3) is 1.00. The van der Waals surface area contributed by atoms with Gasteiger partial charge in [-0.05, 0) is 19.3 Å². The van der Waals surface area contributed by atoms with Crippen LogP contribution in [0.4, 0.5) is 0 Å². The van der Waals surface area contributed by atoms with Gasteiger partial charge >= 0.3 is 0 Å². The van der Waals surface area contributed by atoms with E-state index in [1.54, 1.807) is 0 Å². The van der Waals surface area contributed by atoms with Crippen molar-refractivity contribution in [3.63, 3.8) is 0 Å². The Morgan fingerprint density at radius 2 is 2.17 bits per heavy atom. The minimum atomic E-state index is 0.381. The molecule has 0 amide bonds. The van der Waals surface area contributed by atoms with E-state index in [-0.39, 0.29) is 0 Å². The van der Waals surface area contributed by atoms with Gasteiger partial charge in [-0.15, -0.1) is 0 Å². The molecule has 36 valence electrons. The summed E-state index contributed by atoms with van der Waals surface area (Å²) in [5.41, 5.74) is 0. The third-order valence-electron chi connectivity index (χ3n) is 1.18. The Hall–Kier alpha value is 0.250. The number of halogens is 1.